The lowest BCUT2D eigenvalue weighted by molar-refractivity contribution is -0.139. The van der Waals surface area contributed by atoms with Crippen LogP contribution in [-0.4, -0.2) is 84.3 Å². The fraction of sp³-hybridized carbons (Fsp3) is 0.889. The minimum atomic E-state index is 0.00302. The third kappa shape index (κ3) is 4.59. The second kappa shape index (κ2) is 8.56. The number of morpholine rings is 1. The highest BCUT2D eigenvalue weighted by Crippen LogP contribution is 2.31. The van der Waals surface area contributed by atoms with E-state index in [0.717, 1.165) is 88.8 Å². The molecule has 0 N–H and O–H groups in total. The third-order valence-corrected chi connectivity index (χ3v) is 6.32. The molecule has 1 aromatic rings. The minimum Gasteiger partial charge on any atom is -0.381 e. The highest BCUT2D eigenvalue weighted by Gasteiger charge is 2.40. The van der Waals surface area contributed by atoms with Crippen molar-refractivity contribution in [3.63, 3.8) is 0 Å². The van der Waals surface area contributed by atoms with E-state index in [0.29, 0.717) is 0 Å². The fourth-order valence-electron chi connectivity index (χ4n) is 4.33. The molecule has 1 aromatic heterocycles. The Morgan fingerprint density at radius 1 is 1.19 bits per heavy atom. The molecule has 7 nitrogen and oxygen atoms in total. The SMILES string of the molecule is CSCc1noc(CN2CCOC3(CCN(CC4CCOC4)CC3)C2)n1. The first-order chi connectivity index (χ1) is 12.7. The van der Waals surface area contributed by atoms with Gasteiger partial charge < -0.3 is 18.9 Å². The maximum absolute atomic E-state index is 6.27. The Morgan fingerprint density at radius 3 is 2.85 bits per heavy atom. The van der Waals surface area contributed by atoms with Crippen LogP contribution in [0.3, 0.4) is 0 Å². The van der Waals surface area contributed by atoms with E-state index in [4.69, 9.17) is 14.0 Å². The van der Waals surface area contributed by atoms with Gasteiger partial charge in [-0.15, -0.1) is 0 Å². The van der Waals surface area contributed by atoms with Gasteiger partial charge in [0.05, 0.1) is 31.1 Å². The Hall–Kier alpha value is -0.670. The van der Waals surface area contributed by atoms with E-state index >= 15 is 0 Å². The van der Waals surface area contributed by atoms with E-state index in [9.17, 15) is 0 Å². The molecule has 3 fully saturated rings. The summed E-state index contributed by atoms with van der Waals surface area (Å²) >= 11 is 1.71. The van der Waals surface area contributed by atoms with Gasteiger partial charge >= 0.3 is 0 Å². The largest absolute Gasteiger partial charge is 0.381 e. The molecule has 8 heteroatoms. The van der Waals surface area contributed by atoms with Crippen LogP contribution in [0.4, 0.5) is 0 Å². The number of rotatable bonds is 6. The van der Waals surface area contributed by atoms with E-state index in [1.807, 2.05) is 6.26 Å². The van der Waals surface area contributed by atoms with Crippen LogP contribution in [0.2, 0.25) is 0 Å². The average Bonchev–Trinajstić information content (AvgIpc) is 3.30. The van der Waals surface area contributed by atoms with Crippen molar-refractivity contribution in [2.24, 2.45) is 5.92 Å². The number of ether oxygens (including phenoxy) is 2. The summed E-state index contributed by atoms with van der Waals surface area (Å²) in [6, 6.07) is 0. The summed E-state index contributed by atoms with van der Waals surface area (Å²) in [5, 5.41) is 4.05. The van der Waals surface area contributed by atoms with Gasteiger partial charge in [0.15, 0.2) is 5.82 Å². The van der Waals surface area contributed by atoms with Crippen molar-refractivity contribution in [1.29, 1.82) is 0 Å². The van der Waals surface area contributed by atoms with Crippen LogP contribution in [0.25, 0.3) is 0 Å². The Morgan fingerprint density at radius 2 is 2.08 bits per heavy atom. The average molecular weight is 383 g/mol. The van der Waals surface area contributed by atoms with Crippen LogP contribution in [0.1, 0.15) is 31.0 Å². The normalized spacial score (nSPS) is 27.3. The van der Waals surface area contributed by atoms with Gasteiger partial charge in [0.2, 0.25) is 5.89 Å². The highest BCUT2D eigenvalue weighted by atomic mass is 32.2. The van der Waals surface area contributed by atoms with Gasteiger partial charge in [-0.3, -0.25) is 4.90 Å². The number of likely N-dealkylation sites (tertiary alicyclic amines) is 1. The molecule has 3 aliphatic rings. The Balaban J connectivity index is 1.27. The van der Waals surface area contributed by atoms with Crippen LogP contribution in [0.5, 0.6) is 0 Å². The van der Waals surface area contributed by atoms with Crippen LogP contribution >= 0.6 is 11.8 Å². The Labute approximate surface area is 159 Å². The fourth-order valence-corrected chi connectivity index (χ4v) is 4.71. The number of piperidine rings is 1. The maximum atomic E-state index is 6.27. The van der Waals surface area contributed by atoms with Gasteiger partial charge in [-0.05, 0) is 31.4 Å². The van der Waals surface area contributed by atoms with Crippen LogP contribution in [0, 0.1) is 5.92 Å². The summed E-state index contributed by atoms with van der Waals surface area (Å²) in [6.07, 6.45) is 5.49. The Kier molecular flexibility index (Phi) is 6.15. The molecule has 4 heterocycles. The zero-order valence-corrected chi connectivity index (χ0v) is 16.5. The van der Waals surface area contributed by atoms with Crippen LogP contribution in [0.15, 0.2) is 4.52 Å². The van der Waals surface area contributed by atoms with E-state index in [-0.39, 0.29) is 5.60 Å². The first kappa shape index (κ1) is 18.7. The second-order valence-corrected chi connectivity index (χ2v) is 8.68. The molecule has 0 bridgehead atoms. The monoisotopic (exact) mass is 382 g/mol. The molecule has 26 heavy (non-hydrogen) atoms. The molecule has 146 valence electrons. The van der Waals surface area contributed by atoms with Crippen LogP contribution in [-0.2, 0) is 21.8 Å². The first-order valence-corrected chi connectivity index (χ1v) is 11.1. The topological polar surface area (TPSA) is 63.9 Å². The molecule has 4 rings (SSSR count). The molecule has 3 aliphatic heterocycles. The number of aromatic nitrogens is 2. The number of hydrogen-bond donors (Lipinski definition) is 0. The minimum absolute atomic E-state index is 0.00302. The molecule has 0 amide bonds. The molecule has 1 atom stereocenters. The van der Waals surface area contributed by atoms with Gasteiger partial charge in [0, 0.05) is 39.3 Å². The van der Waals surface area contributed by atoms with Gasteiger partial charge in [0.25, 0.3) is 0 Å². The zero-order valence-electron chi connectivity index (χ0n) is 15.7. The molecule has 1 unspecified atom stereocenters. The lowest BCUT2D eigenvalue weighted by atomic mass is 9.88. The molecule has 1 spiro atoms. The van der Waals surface area contributed by atoms with E-state index in [2.05, 4.69) is 19.9 Å². The van der Waals surface area contributed by atoms with E-state index < -0.39 is 0 Å². The van der Waals surface area contributed by atoms with Gasteiger partial charge in [-0.25, -0.2) is 0 Å². The second-order valence-electron chi connectivity index (χ2n) is 7.81. The smallest absolute Gasteiger partial charge is 0.240 e. The zero-order chi connectivity index (χ0) is 17.8. The van der Waals surface area contributed by atoms with Gasteiger partial charge in [-0.2, -0.15) is 16.7 Å². The number of nitrogens with zero attached hydrogens (tertiary/aromatic N) is 4. The third-order valence-electron chi connectivity index (χ3n) is 5.78. The van der Waals surface area contributed by atoms with Crippen molar-refractivity contribution >= 4 is 11.8 Å². The van der Waals surface area contributed by atoms with Crippen molar-refractivity contribution in [3.8, 4) is 0 Å². The molecule has 0 saturated carbocycles. The van der Waals surface area contributed by atoms with Crippen molar-refractivity contribution in [1.82, 2.24) is 19.9 Å². The predicted molar refractivity (Wildman–Crippen MR) is 100 cm³/mol. The standard InChI is InChI=1S/C18H30N4O3S/c1-26-13-16-19-17(25-20-16)11-22-7-9-24-18(14-22)3-5-21(6-4-18)10-15-2-8-23-12-15/h15H,2-14H2,1H3. The van der Waals surface area contributed by atoms with Crippen molar-refractivity contribution < 1.29 is 14.0 Å². The summed E-state index contributed by atoms with van der Waals surface area (Å²) in [5.41, 5.74) is 0.00302. The Bertz CT molecular complexity index is 571. The van der Waals surface area contributed by atoms with Crippen LogP contribution < -0.4 is 0 Å². The quantitative estimate of drug-likeness (QED) is 0.736. The molecule has 0 radical (unpaired) electrons. The predicted octanol–water partition coefficient (Wildman–Crippen LogP) is 1.64. The summed E-state index contributed by atoms with van der Waals surface area (Å²) in [5.74, 6) is 3.04. The van der Waals surface area contributed by atoms with Crippen molar-refractivity contribution in [2.45, 2.75) is 37.2 Å². The molecule has 3 saturated heterocycles. The summed E-state index contributed by atoms with van der Waals surface area (Å²) in [6.45, 7) is 8.74. The maximum Gasteiger partial charge on any atom is 0.240 e. The lowest BCUT2D eigenvalue weighted by Crippen LogP contribution is -2.57. The molecular formula is C18H30N4O3S. The summed E-state index contributed by atoms with van der Waals surface area (Å²) in [4.78, 5) is 9.51. The molecule has 0 aromatic carbocycles. The van der Waals surface area contributed by atoms with E-state index in [1.54, 1.807) is 11.8 Å². The van der Waals surface area contributed by atoms with Gasteiger partial charge in [-0.1, -0.05) is 5.16 Å². The lowest BCUT2D eigenvalue weighted by Gasteiger charge is -2.47. The molecular weight excluding hydrogens is 352 g/mol. The first-order valence-electron chi connectivity index (χ1n) is 9.71. The summed E-state index contributed by atoms with van der Waals surface area (Å²) in [7, 11) is 0. The number of hydrogen-bond acceptors (Lipinski definition) is 8. The van der Waals surface area contributed by atoms with E-state index in [1.165, 1.54) is 13.0 Å². The van der Waals surface area contributed by atoms with Crippen molar-refractivity contribution in [3.05, 3.63) is 11.7 Å². The van der Waals surface area contributed by atoms with Gasteiger partial charge in [0.1, 0.15) is 0 Å². The molecule has 0 aliphatic carbocycles. The summed E-state index contributed by atoms with van der Waals surface area (Å²) < 4.78 is 17.2. The van der Waals surface area contributed by atoms with Crippen molar-refractivity contribution in [2.75, 3.05) is 58.8 Å². The highest BCUT2D eigenvalue weighted by molar-refractivity contribution is 7.97. The number of thioether (sulfide) groups is 1.